The van der Waals surface area contributed by atoms with Crippen molar-refractivity contribution in [2.45, 2.75) is 31.3 Å². The van der Waals surface area contributed by atoms with Gasteiger partial charge in [-0.1, -0.05) is 42.8 Å². The van der Waals surface area contributed by atoms with Crippen LogP contribution in [0.15, 0.2) is 48.5 Å². The van der Waals surface area contributed by atoms with Crippen LogP contribution >= 0.6 is 0 Å². The summed E-state index contributed by atoms with van der Waals surface area (Å²) in [5.74, 6) is -0.334. The van der Waals surface area contributed by atoms with Crippen molar-refractivity contribution in [1.29, 1.82) is 0 Å². The normalized spacial score (nSPS) is 17.9. The second-order valence-corrected chi connectivity index (χ2v) is 6.72. The predicted octanol–water partition coefficient (Wildman–Crippen LogP) is 4.14. The average Bonchev–Trinajstić information content (AvgIpc) is 2.67. The monoisotopic (exact) mass is 343 g/mol. The molecule has 1 fully saturated rings. The number of piperidine rings is 1. The van der Waals surface area contributed by atoms with Crippen LogP contribution in [0.5, 0.6) is 5.75 Å². The van der Waals surface area contributed by atoms with E-state index in [1.54, 1.807) is 12.1 Å². The zero-order valence-electron chi connectivity index (χ0n) is 14.7. The molecule has 1 N–H and O–H groups in total. The molecule has 0 aliphatic carbocycles. The lowest BCUT2D eigenvalue weighted by molar-refractivity contribution is 0.109. The lowest BCUT2D eigenvalue weighted by Gasteiger charge is -2.33. The Morgan fingerprint density at radius 3 is 2.40 bits per heavy atom. The summed E-state index contributed by atoms with van der Waals surface area (Å²) in [5, 5.41) is 11.0. The number of hydrogen-bond donors (Lipinski definition) is 1. The van der Waals surface area contributed by atoms with Gasteiger partial charge in [0.25, 0.3) is 0 Å². The van der Waals surface area contributed by atoms with Crippen LogP contribution in [-0.4, -0.2) is 36.8 Å². The van der Waals surface area contributed by atoms with Gasteiger partial charge < -0.3 is 14.7 Å². The third kappa shape index (κ3) is 4.39. The van der Waals surface area contributed by atoms with E-state index in [-0.39, 0.29) is 11.7 Å². The van der Waals surface area contributed by atoms with Crippen molar-refractivity contribution < 1.29 is 14.2 Å². The van der Waals surface area contributed by atoms with E-state index >= 15 is 0 Å². The Bertz CT molecular complexity index is 671. The van der Waals surface area contributed by atoms with E-state index in [0.29, 0.717) is 5.56 Å². The maximum absolute atomic E-state index is 14.1. The molecule has 0 amide bonds. The lowest BCUT2D eigenvalue weighted by atomic mass is 9.88. The highest BCUT2D eigenvalue weighted by molar-refractivity contribution is 5.33. The van der Waals surface area contributed by atoms with E-state index in [1.807, 2.05) is 30.3 Å². The average molecular weight is 343 g/mol. The van der Waals surface area contributed by atoms with Crippen LogP contribution in [-0.2, 0) is 0 Å². The molecule has 0 spiro atoms. The van der Waals surface area contributed by atoms with Gasteiger partial charge in [0.15, 0.2) is 11.6 Å². The largest absolute Gasteiger partial charge is 0.494 e. The molecule has 4 heteroatoms. The van der Waals surface area contributed by atoms with Crippen LogP contribution in [0.4, 0.5) is 4.39 Å². The lowest BCUT2D eigenvalue weighted by Crippen LogP contribution is -2.35. The smallest absolute Gasteiger partial charge is 0.165 e. The number of benzene rings is 2. The summed E-state index contributed by atoms with van der Waals surface area (Å²) in [6, 6.07) is 14.7. The fourth-order valence-electron chi connectivity index (χ4n) is 3.61. The van der Waals surface area contributed by atoms with Crippen LogP contribution in [0.2, 0.25) is 0 Å². The standard InChI is InChI=1S/C21H26FNO2/c1-25-20-11-10-17(14-19(20)22)21(24)18(16-8-4-2-5-9-16)15-23-12-6-3-7-13-23/h2,4-5,8-11,14,18,21,24H,3,6-7,12-13,15H2,1H3/t18-,21+/m0/s1. The van der Waals surface area contributed by atoms with Crippen molar-refractivity contribution in [3.05, 3.63) is 65.5 Å². The number of aliphatic hydroxyl groups excluding tert-OH is 1. The SMILES string of the molecule is COc1ccc([C@@H](O)[C@@H](CN2CCCCC2)c2ccccc2)cc1F. The summed E-state index contributed by atoms with van der Waals surface area (Å²) in [5.41, 5.74) is 1.67. The third-order valence-electron chi connectivity index (χ3n) is 5.03. The minimum atomic E-state index is -0.760. The van der Waals surface area contributed by atoms with Crippen molar-refractivity contribution in [3.63, 3.8) is 0 Å². The number of nitrogens with zero attached hydrogens (tertiary/aromatic N) is 1. The topological polar surface area (TPSA) is 32.7 Å². The molecule has 134 valence electrons. The number of aliphatic hydroxyl groups is 1. The predicted molar refractivity (Wildman–Crippen MR) is 97.4 cm³/mol. The van der Waals surface area contributed by atoms with Gasteiger partial charge in [0.1, 0.15) is 0 Å². The molecule has 1 aliphatic rings. The Hall–Kier alpha value is -1.91. The van der Waals surface area contributed by atoms with Gasteiger partial charge in [0.05, 0.1) is 13.2 Å². The number of rotatable bonds is 6. The second-order valence-electron chi connectivity index (χ2n) is 6.72. The minimum absolute atomic E-state index is 0.0907. The highest BCUT2D eigenvalue weighted by Gasteiger charge is 2.26. The third-order valence-corrected chi connectivity index (χ3v) is 5.03. The van der Waals surface area contributed by atoms with E-state index in [9.17, 15) is 9.50 Å². The van der Waals surface area contributed by atoms with Crippen molar-refractivity contribution in [2.75, 3.05) is 26.7 Å². The first-order chi connectivity index (χ1) is 12.2. The Morgan fingerprint density at radius 1 is 1.04 bits per heavy atom. The van der Waals surface area contributed by atoms with E-state index in [1.165, 1.54) is 32.4 Å². The summed E-state index contributed by atoms with van der Waals surface area (Å²) in [6.45, 7) is 2.90. The minimum Gasteiger partial charge on any atom is -0.494 e. The van der Waals surface area contributed by atoms with Crippen LogP contribution in [0.3, 0.4) is 0 Å². The van der Waals surface area contributed by atoms with Crippen molar-refractivity contribution in [1.82, 2.24) is 4.90 Å². The molecule has 25 heavy (non-hydrogen) atoms. The summed E-state index contributed by atoms with van der Waals surface area (Å²) >= 11 is 0. The van der Waals surface area contributed by atoms with Gasteiger partial charge in [-0.2, -0.15) is 0 Å². The quantitative estimate of drug-likeness (QED) is 0.856. The Labute approximate surface area is 149 Å². The first-order valence-corrected chi connectivity index (χ1v) is 8.98. The molecular formula is C21H26FNO2. The first-order valence-electron chi connectivity index (χ1n) is 8.98. The van der Waals surface area contributed by atoms with Crippen LogP contribution in [0.25, 0.3) is 0 Å². The maximum atomic E-state index is 14.1. The van der Waals surface area contributed by atoms with Gasteiger partial charge in [-0.05, 0) is 49.2 Å². The molecule has 3 rings (SSSR count). The fourth-order valence-corrected chi connectivity index (χ4v) is 3.61. The number of hydrogen-bond acceptors (Lipinski definition) is 3. The zero-order valence-corrected chi connectivity index (χ0v) is 14.7. The first kappa shape index (κ1) is 17.9. The Kier molecular flexibility index (Phi) is 6.05. The molecule has 0 aromatic heterocycles. The maximum Gasteiger partial charge on any atom is 0.165 e. The molecule has 2 atom stereocenters. The van der Waals surface area contributed by atoms with Crippen LogP contribution in [0.1, 0.15) is 42.4 Å². The Morgan fingerprint density at radius 2 is 1.76 bits per heavy atom. The van der Waals surface area contributed by atoms with Gasteiger partial charge in [-0.3, -0.25) is 0 Å². The summed E-state index contributed by atoms with van der Waals surface area (Å²) in [7, 11) is 1.44. The van der Waals surface area contributed by atoms with Crippen LogP contribution < -0.4 is 4.74 Å². The molecule has 0 unspecified atom stereocenters. The number of likely N-dealkylation sites (tertiary alicyclic amines) is 1. The van der Waals surface area contributed by atoms with Crippen molar-refractivity contribution >= 4 is 0 Å². The summed E-state index contributed by atoms with van der Waals surface area (Å²) in [4.78, 5) is 2.41. The highest BCUT2D eigenvalue weighted by atomic mass is 19.1. The van der Waals surface area contributed by atoms with E-state index < -0.39 is 11.9 Å². The number of halogens is 1. The Balaban J connectivity index is 1.86. The summed E-state index contributed by atoms with van der Waals surface area (Å²) in [6.07, 6.45) is 2.92. The molecule has 1 saturated heterocycles. The van der Waals surface area contributed by atoms with E-state index in [4.69, 9.17) is 4.74 Å². The molecule has 0 radical (unpaired) electrons. The summed E-state index contributed by atoms with van der Waals surface area (Å²) < 4.78 is 19.1. The number of ether oxygens (including phenoxy) is 1. The molecular weight excluding hydrogens is 317 g/mol. The van der Waals surface area contributed by atoms with Crippen molar-refractivity contribution in [2.24, 2.45) is 0 Å². The zero-order chi connectivity index (χ0) is 17.6. The number of methoxy groups -OCH3 is 1. The van der Waals surface area contributed by atoms with Crippen LogP contribution in [0, 0.1) is 5.82 Å². The van der Waals surface area contributed by atoms with E-state index in [2.05, 4.69) is 4.90 Å². The fraction of sp³-hybridized carbons (Fsp3) is 0.429. The van der Waals surface area contributed by atoms with Gasteiger partial charge in [-0.15, -0.1) is 0 Å². The van der Waals surface area contributed by atoms with Crippen molar-refractivity contribution in [3.8, 4) is 5.75 Å². The molecule has 0 bridgehead atoms. The second kappa shape index (κ2) is 8.45. The molecule has 3 nitrogen and oxygen atoms in total. The molecule has 0 saturated carbocycles. The highest BCUT2D eigenvalue weighted by Crippen LogP contribution is 2.34. The molecule has 2 aromatic carbocycles. The van der Waals surface area contributed by atoms with Gasteiger partial charge in [0.2, 0.25) is 0 Å². The molecule has 2 aromatic rings. The van der Waals surface area contributed by atoms with Gasteiger partial charge >= 0.3 is 0 Å². The molecule has 1 aliphatic heterocycles. The van der Waals surface area contributed by atoms with Gasteiger partial charge in [-0.25, -0.2) is 4.39 Å². The molecule has 1 heterocycles. The van der Waals surface area contributed by atoms with Gasteiger partial charge in [0, 0.05) is 12.5 Å². The van der Waals surface area contributed by atoms with E-state index in [0.717, 1.165) is 25.2 Å².